The fourth-order valence-corrected chi connectivity index (χ4v) is 3.16. The molecule has 27 heavy (non-hydrogen) atoms. The quantitative estimate of drug-likeness (QED) is 0.367. The Balaban J connectivity index is 1.79. The highest BCUT2D eigenvalue weighted by atomic mass is 32.1. The molecule has 1 aromatic heterocycles. The second-order valence-corrected chi connectivity index (χ2v) is 6.46. The maximum Gasteiger partial charge on any atom is 0.347 e. The van der Waals surface area contributed by atoms with Crippen LogP contribution in [-0.4, -0.2) is 16.0 Å². The molecule has 0 fully saturated rings. The minimum absolute atomic E-state index is 0.0554. The molecular weight excluding hydrogens is 364 g/mol. The van der Waals surface area contributed by atoms with Crippen LogP contribution in [0, 0.1) is 0 Å². The maximum atomic E-state index is 13.1. The standard InChI is InChI=1S/C20H14N2O4S/c23-13-7-5-11(6-8-13)17-15(10-21-20(27)22-17)18(24)14-9-12-3-1-2-4-16(12)26-19(14)25/h1-10,17,23H,(H2,21,22,27). The molecule has 1 unspecified atom stereocenters. The normalized spacial score (nSPS) is 16.4. The number of carbonyl (C=O) groups excluding carboxylic acids is 1. The number of para-hydroxylation sites is 1. The predicted molar refractivity (Wildman–Crippen MR) is 105 cm³/mol. The van der Waals surface area contributed by atoms with Crippen LogP contribution in [0.25, 0.3) is 11.0 Å². The Morgan fingerprint density at radius 2 is 1.85 bits per heavy atom. The third-order valence-corrected chi connectivity index (χ3v) is 4.56. The van der Waals surface area contributed by atoms with Crippen molar-refractivity contribution in [2.75, 3.05) is 0 Å². The molecule has 4 rings (SSSR count). The lowest BCUT2D eigenvalue weighted by Crippen LogP contribution is -2.42. The van der Waals surface area contributed by atoms with Gasteiger partial charge in [-0.15, -0.1) is 0 Å². The number of hydrogen-bond acceptors (Lipinski definition) is 5. The van der Waals surface area contributed by atoms with Crippen LogP contribution in [-0.2, 0) is 0 Å². The Morgan fingerprint density at radius 3 is 2.63 bits per heavy atom. The van der Waals surface area contributed by atoms with Gasteiger partial charge < -0.3 is 20.2 Å². The molecule has 0 aliphatic carbocycles. The lowest BCUT2D eigenvalue weighted by molar-refractivity contribution is 0.102. The van der Waals surface area contributed by atoms with E-state index in [0.29, 0.717) is 21.7 Å². The molecule has 2 aromatic carbocycles. The minimum atomic E-state index is -0.697. The molecule has 1 aliphatic rings. The smallest absolute Gasteiger partial charge is 0.347 e. The van der Waals surface area contributed by atoms with Crippen LogP contribution in [0.1, 0.15) is 22.0 Å². The number of nitrogens with one attached hydrogen (secondary N) is 2. The molecular formula is C20H14N2O4S. The van der Waals surface area contributed by atoms with E-state index in [-0.39, 0.29) is 11.3 Å². The zero-order valence-corrected chi connectivity index (χ0v) is 14.7. The van der Waals surface area contributed by atoms with Gasteiger partial charge in [-0.2, -0.15) is 0 Å². The zero-order chi connectivity index (χ0) is 19.0. The predicted octanol–water partition coefficient (Wildman–Crippen LogP) is 2.78. The van der Waals surface area contributed by atoms with E-state index in [1.165, 1.54) is 24.4 Å². The third-order valence-electron chi connectivity index (χ3n) is 4.32. The van der Waals surface area contributed by atoms with Gasteiger partial charge >= 0.3 is 5.63 Å². The summed E-state index contributed by atoms with van der Waals surface area (Å²) >= 11 is 5.15. The van der Waals surface area contributed by atoms with E-state index in [1.807, 2.05) is 0 Å². The number of benzene rings is 2. The minimum Gasteiger partial charge on any atom is -0.508 e. The van der Waals surface area contributed by atoms with Crippen LogP contribution in [0.3, 0.4) is 0 Å². The highest BCUT2D eigenvalue weighted by molar-refractivity contribution is 7.80. The van der Waals surface area contributed by atoms with E-state index in [0.717, 1.165) is 5.56 Å². The van der Waals surface area contributed by atoms with E-state index >= 15 is 0 Å². The fourth-order valence-electron chi connectivity index (χ4n) is 2.98. The molecule has 0 spiro atoms. The summed E-state index contributed by atoms with van der Waals surface area (Å²) in [6, 6.07) is 14.4. The van der Waals surface area contributed by atoms with Crippen molar-refractivity contribution >= 4 is 34.1 Å². The molecule has 0 saturated heterocycles. The van der Waals surface area contributed by atoms with Crippen LogP contribution in [0.15, 0.2) is 75.6 Å². The average molecular weight is 378 g/mol. The van der Waals surface area contributed by atoms with Crippen LogP contribution < -0.4 is 16.3 Å². The van der Waals surface area contributed by atoms with Crippen molar-refractivity contribution in [3.8, 4) is 5.75 Å². The summed E-state index contributed by atoms with van der Waals surface area (Å²) in [5.41, 5.74) is 0.708. The van der Waals surface area contributed by atoms with Crippen molar-refractivity contribution in [2.45, 2.75) is 6.04 Å². The van der Waals surface area contributed by atoms with E-state index in [9.17, 15) is 14.7 Å². The number of fused-ring (bicyclic) bond motifs is 1. The number of hydrogen-bond donors (Lipinski definition) is 3. The SMILES string of the molecule is O=C(C1=CNC(=S)NC1c1ccc(O)cc1)c1cc2ccccc2oc1=O. The van der Waals surface area contributed by atoms with Gasteiger partial charge in [0, 0.05) is 17.2 Å². The first-order valence-corrected chi connectivity index (χ1v) is 8.57. The third kappa shape index (κ3) is 3.20. The van der Waals surface area contributed by atoms with Gasteiger partial charge in [0.1, 0.15) is 16.9 Å². The van der Waals surface area contributed by atoms with Crippen LogP contribution in [0.2, 0.25) is 0 Å². The van der Waals surface area contributed by atoms with Gasteiger partial charge in [-0.05, 0) is 42.0 Å². The van der Waals surface area contributed by atoms with E-state index < -0.39 is 17.5 Å². The summed E-state index contributed by atoms with van der Waals surface area (Å²) in [5.74, 6) is -0.350. The second kappa shape index (κ2) is 6.69. The maximum absolute atomic E-state index is 13.1. The van der Waals surface area contributed by atoms with Crippen molar-refractivity contribution in [2.24, 2.45) is 0 Å². The van der Waals surface area contributed by atoms with Crippen molar-refractivity contribution < 1.29 is 14.3 Å². The Morgan fingerprint density at radius 1 is 1.11 bits per heavy atom. The molecule has 1 atom stereocenters. The lowest BCUT2D eigenvalue weighted by atomic mass is 9.92. The molecule has 2 heterocycles. The number of thiocarbonyl (C=S) groups is 1. The number of ketones is 1. The monoisotopic (exact) mass is 378 g/mol. The summed E-state index contributed by atoms with van der Waals surface area (Å²) in [6.45, 7) is 0. The number of carbonyl (C=O) groups is 1. The van der Waals surface area contributed by atoms with E-state index in [2.05, 4.69) is 10.6 Å². The molecule has 3 aromatic rings. The highest BCUT2D eigenvalue weighted by Gasteiger charge is 2.29. The summed E-state index contributed by atoms with van der Waals surface area (Å²) in [4.78, 5) is 25.5. The van der Waals surface area contributed by atoms with Gasteiger partial charge in [0.15, 0.2) is 10.9 Å². The van der Waals surface area contributed by atoms with Gasteiger partial charge in [0.25, 0.3) is 0 Å². The summed E-state index contributed by atoms with van der Waals surface area (Å²) < 4.78 is 5.28. The fraction of sp³-hybridized carbons (Fsp3) is 0.0500. The molecule has 0 saturated carbocycles. The van der Waals surface area contributed by atoms with Crippen LogP contribution in [0.5, 0.6) is 5.75 Å². The van der Waals surface area contributed by atoms with Crippen molar-refractivity contribution in [1.29, 1.82) is 0 Å². The summed E-state index contributed by atoms with van der Waals surface area (Å²) in [5, 5.41) is 16.4. The molecule has 6 nitrogen and oxygen atoms in total. The molecule has 7 heteroatoms. The van der Waals surface area contributed by atoms with Gasteiger partial charge in [-0.1, -0.05) is 30.3 Å². The van der Waals surface area contributed by atoms with Gasteiger partial charge in [-0.3, -0.25) is 4.79 Å². The van der Waals surface area contributed by atoms with Crippen molar-refractivity contribution in [1.82, 2.24) is 10.6 Å². The molecule has 0 amide bonds. The number of phenols is 1. The summed E-state index contributed by atoms with van der Waals surface area (Å²) in [7, 11) is 0. The summed E-state index contributed by atoms with van der Waals surface area (Å²) in [6.07, 6.45) is 1.49. The van der Waals surface area contributed by atoms with Gasteiger partial charge in [-0.25, -0.2) is 4.79 Å². The zero-order valence-electron chi connectivity index (χ0n) is 13.9. The lowest BCUT2D eigenvalue weighted by Gasteiger charge is -2.27. The number of phenolic OH excluding ortho intramolecular Hbond substituents is 1. The van der Waals surface area contributed by atoms with Crippen molar-refractivity contribution in [3.05, 3.63) is 87.9 Å². The topological polar surface area (TPSA) is 91.6 Å². The average Bonchev–Trinajstić information content (AvgIpc) is 2.67. The Kier molecular flexibility index (Phi) is 4.21. The molecule has 0 bridgehead atoms. The van der Waals surface area contributed by atoms with Crippen molar-refractivity contribution in [3.63, 3.8) is 0 Å². The Labute approximate surface area is 159 Å². The number of Topliss-reactive ketones (excluding diaryl/α,β-unsaturated/α-hetero) is 1. The Hall–Kier alpha value is -3.45. The largest absolute Gasteiger partial charge is 0.508 e. The molecule has 134 valence electrons. The first-order chi connectivity index (χ1) is 13.0. The Bertz CT molecular complexity index is 1150. The molecule has 1 aliphatic heterocycles. The highest BCUT2D eigenvalue weighted by Crippen LogP contribution is 2.27. The van der Waals surface area contributed by atoms with Crippen LogP contribution >= 0.6 is 12.2 Å². The molecule has 3 N–H and O–H groups in total. The van der Waals surface area contributed by atoms with E-state index in [1.54, 1.807) is 36.4 Å². The first kappa shape index (κ1) is 17.0. The number of aromatic hydroxyl groups is 1. The second-order valence-electron chi connectivity index (χ2n) is 6.06. The van der Waals surface area contributed by atoms with Crippen LogP contribution in [0.4, 0.5) is 0 Å². The van der Waals surface area contributed by atoms with Gasteiger partial charge in [0.05, 0.1) is 6.04 Å². The van der Waals surface area contributed by atoms with Gasteiger partial charge in [0.2, 0.25) is 0 Å². The van der Waals surface area contributed by atoms with E-state index in [4.69, 9.17) is 16.6 Å². The number of rotatable bonds is 3. The molecule has 0 radical (unpaired) electrons. The first-order valence-electron chi connectivity index (χ1n) is 8.16.